The maximum atomic E-state index is 11.1. The normalized spacial score (nSPS) is 13.6. The lowest BCUT2D eigenvalue weighted by molar-refractivity contribution is -0.114. The first kappa shape index (κ1) is 18.7. The van der Waals surface area contributed by atoms with Gasteiger partial charge in [0.25, 0.3) is 0 Å². The molecule has 1 heterocycles. The second-order valence-corrected chi connectivity index (χ2v) is 6.65. The van der Waals surface area contributed by atoms with Crippen LogP contribution in [0.15, 0.2) is 42.2 Å². The fraction of sp³-hybridized carbons (Fsp3) is 0.350. The van der Waals surface area contributed by atoms with Crippen molar-refractivity contribution in [2.75, 3.05) is 28.2 Å². The molecule has 1 aliphatic carbocycles. The largest absolute Gasteiger partial charge is 0.393 e. The van der Waals surface area contributed by atoms with Gasteiger partial charge in [0.1, 0.15) is 12.0 Å². The van der Waals surface area contributed by atoms with Crippen LogP contribution in [0.3, 0.4) is 0 Å². The molecule has 1 aliphatic rings. The number of nitrogen functional groups attached to an aromatic ring is 1. The summed E-state index contributed by atoms with van der Waals surface area (Å²) in [6.07, 6.45) is 9.84. The minimum atomic E-state index is -0.101. The predicted octanol–water partition coefficient (Wildman–Crippen LogP) is 4.06. The molecule has 2 aromatic rings. The van der Waals surface area contributed by atoms with Crippen LogP contribution in [0.25, 0.3) is 0 Å². The summed E-state index contributed by atoms with van der Waals surface area (Å²) in [6.45, 7) is 2.28. The van der Waals surface area contributed by atoms with Gasteiger partial charge < -0.3 is 21.7 Å². The van der Waals surface area contributed by atoms with Gasteiger partial charge in [0.15, 0.2) is 11.6 Å². The van der Waals surface area contributed by atoms with Gasteiger partial charge in [-0.3, -0.25) is 4.79 Å². The van der Waals surface area contributed by atoms with E-state index in [9.17, 15) is 4.79 Å². The molecule has 0 saturated carbocycles. The van der Waals surface area contributed by atoms with E-state index in [0.29, 0.717) is 17.3 Å². The van der Waals surface area contributed by atoms with Gasteiger partial charge in [0, 0.05) is 24.8 Å². The van der Waals surface area contributed by atoms with Crippen molar-refractivity contribution < 1.29 is 4.79 Å². The van der Waals surface area contributed by atoms with Crippen molar-refractivity contribution in [2.24, 2.45) is 0 Å². The summed E-state index contributed by atoms with van der Waals surface area (Å²) >= 11 is 0. The molecule has 0 aliphatic heterocycles. The minimum absolute atomic E-state index is 0.101. The lowest BCUT2D eigenvalue weighted by Gasteiger charge is -2.15. The van der Waals surface area contributed by atoms with Crippen molar-refractivity contribution in [1.82, 2.24) is 9.97 Å². The van der Waals surface area contributed by atoms with Crippen LogP contribution < -0.4 is 21.7 Å². The van der Waals surface area contributed by atoms with Crippen molar-refractivity contribution in [2.45, 2.75) is 39.0 Å². The molecule has 1 aromatic carbocycles. The third kappa shape index (κ3) is 5.44. The summed E-state index contributed by atoms with van der Waals surface area (Å²) in [5, 5.41) is 9.24. The highest BCUT2D eigenvalue weighted by Gasteiger charge is 2.09. The number of carbonyl (C=O) groups is 1. The third-order valence-corrected chi connectivity index (χ3v) is 4.48. The SMILES string of the molecule is CC(=O)Nc1ccc(Nc2ncnc(NCCC3=CCCCC3)c2N)cc1. The number of hydrogen-bond donors (Lipinski definition) is 4. The van der Waals surface area contributed by atoms with Crippen molar-refractivity contribution in [3.63, 3.8) is 0 Å². The van der Waals surface area contributed by atoms with E-state index in [0.717, 1.165) is 24.3 Å². The molecular formula is C20H26N6O. The summed E-state index contributed by atoms with van der Waals surface area (Å²) < 4.78 is 0. The standard InChI is InChI=1S/C20H26N6O/c1-14(27)25-16-7-9-17(10-8-16)26-20-18(21)19(23-13-24-20)22-12-11-15-5-3-2-4-6-15/h5,7-10,13H,2-4,6,11-12,21H2,1H3,(H,25,27)(H2,22,23,24,26). The maximum absolute atomic E-state index is 11.1. The fourth-order valence-electron chi connectivity index (χ4n) is 3.09. The number of hydrogen-bond acceptors (Lipinski definition) is 6. The average molecular weight is 366 g/mol. The first-order chi connectivity index (χ1) is 13.1. The van der Waals surface area contributed by atoms with Crippen LogP contribution in [0, 0.1) is 0 Å². The lowest BCUT2D eigenvalue weighted by atomic mass is 9.97. The van der Waals surface area contributed by atoms with E-state index in [1.165, 1.54) is 44.5 Å². The maximum Gasteiger partial charge on any atom is 0.221 e. The van der Waals surface area contributed by atoms with Crippen molar-refractivity contribution in [3.8, 4) is 0 Å². The smallest absolute Gasteiger partial charge is 0.221 e. The van der Waals surface area contributed by atoms with E-state index >= 15 is 0 Å². The summed E-state index contributed by atoms with van der Waals surface area (Å²) in [5.41, 5.74) is 9.79. The van der Waals surface area contributed by atoms with Crippen molar-refractivity contribution >= 4 is 34.6 Å². The molecule has 27 heavy (non-hydrogen) atoms. The van der Waals surface area contributed by atoms with E-state index in [1.807, 2.05) is 24.3 Å². The second kappa shape index (κ2) is 9.02. The van der Waals surface area contributed by atoms with Crippen LogP contribution in [-0.2, 0) is 4.79 Å². The topological polar surface area (TPSA) is 105 Å². The van der Waals surface area contributed by atoms with E-state index < -0.39 is 0 Å². The van der Waals surface area contributed by atoms with Gasteiger partial charge in [-0.1, -0.05) is 11.6 Å². The molecule has 3 rings (SSSR count). The number of anilines is 5. The third-order valence-electron chi connectivity index (χ3n) is 4.48. The average Bonchev–Trinajstić information content (AvgIpc) is 2.67. The molecule has 0 fully saturated rings. The van der Waals surface area contributed by atoms with Gasteiger partial charge >= 0.3 is 0 Å². The van der Waals surface area contributed by atoms with Gasteiger partial charge in [-0.2, -0.15) is 0 Å². The molecule has 1 aromatic heterocycles. The van der Waals surface area contributed by atoms with Gasteiger partial charge in [0.2, 0.25) is 5.91 Å². The number of nitrogens with one attached hydrogen (secondary N) is 3. The summed E-state index contributed by atoms with van der Waals surface area (Å²) in [5.74, 6) is 1.09. The molecule has 0 atom stereocenters. The Bertz CT molecular complexity index is 816. The molecule has 5 N–H and O–H groups in total. The second-order valence-electron chi connectivity index (χ2n) is 6.65. The van der Waals surface area contributed by atoms with Crippen LogP contribution in [-0.4, -0.2) is 22.4 Å². The number of rotatable bonds is 7. The van der Waals surface area contributed by atoms with Crippen LogP contribution in [0.2, 0.25) is 0 Å². The van der Waals surface area contributed by atoms with Crippen LogP contribution >= 0.6 is 0 Å². The lowest BCUT2D eigenvalue weighted by Crippen LogP contribution is -2.10. The van der Waals surface area contributed by atoms with E-state index in [4.69, 9.17) is 5.73 Å². The van der Waals surface area contributed by atoms with Gasteiger partial charge in [0.05, 0.1) is 0 Å². The Morgan fingerprint density at radius 2 is 1.85 bits per heavy atom. The molecule has 1 amide bonds. The molecule has 7 nitrogen and oxygen atoms in total. The number of amides is 1. The predicted molar refractivity (Wildman–Crippen MR) is 110 cm³/mol. The molecule has 142 valence electrons. The molecule has 7 heteroatoms. The van der Waals surface area contributed by atoms with Gasteiger partial charge in [-0.05, 0) is 56.4 Å². The van der Waals surface area contributed by atoms with Crippen LogP contribution in [0.4, 0.5) is 28.7 Å². The quantitative estimate of drug-likeness (QED) is 0.551. The summed E-state index contributed by atoms with van der Waals surface area (Å²) in [7, 11) is 0. The number of nitrogens with two attached hydrogens (primary N) is 1. The first-order valence-corrected chi connectivity index (χ1v) is 9.29. The monoisotopic (exact) mass is 366 g/mol. The number of aromatic nitrogens is 2. The highest BCUT2D eigenvalue weighted by atomic mass is 16.1. The molecule has 0 bridgehead atoms. The highest BCUT2D eigenvalue weighted by Crippen LogP contribution is 2.27. The Hall–Kier alpha value is -3.09. The van der Waals surface area contributed by atoms with Gasteiger partial charge in [-0.25, -0.2) is 9.97 Å². The Labute approximate surface area is 159 Å². The van der Waals surface area contributed by atoms with E-state index in [2.05, 4.69) is 32.0 Å². The molecular weight excluding hydrogens is 340 g/mol. The van der Waals surface area contributed by atoms with Gasteiger partial charge in [-0.15, -0.1) is 0 Å². The Morgan fingerprint density at radius 1 is 1.11 bits per heavy atom. The number of allylic oxidation sites excluding steroid dienone is 1. The summed E-state index contributed by atoms with van der Waals surface area (Å²) in [6, 6.07) is 7.35. The minimum Gasteiger partial charge on any atom is -0.393 e. The zero-order valence-electron chi connectivity index (χ0n) is 15.6. The highest BCUT2D eigenvalue weighted by molar-refractivity contribution is 5.89. The zero-order chi connectivity index (χ0) is 19.1. The molecule has 0 radical (unpaired) electrons. The number of carbonyl (C=O) groups excluding carboxylic acids is 1. The van der Waals surface area contributed by atoms with Crippen molar-refractivity contribution in [3.05, 3.63) is 42.2 Å². The molecule has 0 unspecified atom stereocenters. The number of nitrogens with zero attached hydrogens (tertiary/aromatic N) is 2. The van der Waals surface area contributed by atoms with E-state index in [-0.39, 0.29) is 5.91 Å². The molecule has 0 spiro atoms. The van der Waals surface area contributed by atoms with Crippen molar-refractivity contribution in [1.29, 1.82) is 0 Å². The Balaban J connectivity index is 1.60. The number of benzene rings is 1. The van der Waals surface area contributed by atoms with Crippen LogP contribution in [0.1, 0.15) is 39.0 Å². The first-order valence-electron chi connectivity index (χ1n) is 9.29. The molecule has 0 saturated heterocycles. The Morgan fingerprint density at radius 3 is 2.56 bits per heavy atom. The zero-order valence-corrected chi connectivity index (χ0v) is 15.6. The summed E-state index contributed by atoms with van der Waals surface area (Å²) in [4.78, 5) is 19.6. The van der Waals surface area contributed by atoms with Crippen LogP contribution in [0.5, 0.6) is 0 Å². The Kier molecular flexibility index (Phi) is 6.25. The van der Waals surface area contributed by atoms with E-state index in [1.54, 1.807) is 0 Å². The fourth-order valence-corrected chi connectivity index (χ4v) is 3.09.